The number of amides is 2. The molecule has 36 heavy (non-hydrogen) atoms. The normalized spacial score (nSPS) is 16.6. The number of benzene rings is 1. The molecule has 11 heteroatoms. The van der Waals surface area contributed by atoms with Gasteiger partial charge in [-0.1, -0.05) is 36.4 Å². The summed E-state index contributed by atoms with van der Waals surface area (Å²) in [4.78, 5) is 25.0. The third kappa shape index (κ3) is 6.56. The maximum Gasteiger partial charge on any atom is 0.407 e. The van der Waals surface area contributed by atoms with E-state index >= 15 is 0 Å². The lowest BCUT2D eigenvalue weighted by Gasteiger charge is -2.24. The van der Waals surface area contributed by atoms with Gasteiger partial charge in [-0.15, -0.1) is 10.2 Å². The monoisotopic (exact) mass is 496 g/mol. The molecule has 3 heterocycles. The number of ether oxygens (including phenoxy) is 3. The zero-order valence-electron chi connectivity index (χ0n) is 20.5. The highest BCUT2D eigenvalue weighted by Crippen LogP contribution is 2.18. The molecule has 0 unspecified atom stereocenters. The summed E-state index contributed by atoms with van der Waals surface area (Å²) in [5, 5.41) is 14.3. The van der Waals surface area contributed by atoms with Crippen LogP contribution < -0.4 is 16.4 Å². The zero-order chi connectivity index (χ0) is 25.5. The van der Waals surface area contributed by atoms with Crippen LogP contribution in [0.1, 0.15) is 43.4 Å². The number of nitrogens with one attached hydrogen (secondary N) is 2. The molecule has 1 aliphatic heterocycles. The molecule has 1 fully saturated rings. The molecule has 1 aromatic carbocycles. The van der Waals surface area contributed by atoms with Crippen molar-refractivity contribution < 1.29 is 23.8 Å². The van der Waals surface area contributed by atoms with Gasteiger partial charge in [0.1, 0.15) is 12.6 Å². The molecule has 2 amide bonds. The summed E-state index contributed by atoms with van der Waals surface area (Å²) >= 11 is 0. The second kappa shape index (κ2) is 11.5. The molecule has 0 radical (unpaired) electrons. The fourth-order valence-corrected chi connectivity index (χ4v) is 3.76. The summed E-state index contributed by atoms with van der Waals surface area (Å²) < 4.78 is 18.4. The van der Waals surface area contributed by atoms with E-state index in [2.05, 4.69) is 20.8 Å². The Morgan fingerprint density at radius 1 is 1.17 bits per heavy atom. The molecule has 1 saturated heterocycles. The van der Waals surface area contributed by atoms with Crippen molar-refractivity contribution in [3.8, 4) is 0 Å². The van der Waals surface area contributed by atoms with Crippen LogP contribution in [0, 0.1) is 0 Å². The number of hydrogen-bond acceptors (Lipinski definition) is 8. The van der Waals surface area contributed by atoms with Crippen LogP contribution in [0.15, 0.2) is 48.5 Å². The average molecular weight is 497 g/mol. The number of rotatable bonds is 10. The van der Waals surface area contributed by atoms with Gasteiger partial charge in [-0.2, -0.15) is 0 Å². The van der Waals surface area contributed by atoms with Crippen LogP contribution in [-0.4, -0.2) is 58.0 Å². The van der Waals surface area contributed by atoms with Crippen molar-refractivity contribution in [1.82, 2.24) is 25.2 Å². The Morgan fingerprint density at radius 3 is 2.69 bits per heavy atom. The van der Waals surface area contributed by atoms with E-state index in [9.17, 15) is 9.59 Å². The van der Waals surface area contributed by atoms with E-state index < -0.39 is 17.7 Å². The molecule has 0 spiro atoms. The van der Waals surface area contributed by atoms with Crippen LogP contribution in [0.25, 0.3) is 5.65 Å². The zero-order valence-corrected chi connectivity index (χ0v) is 20.5. The molecule has 4 rings (SSSR count). The van der Waals surface area contributed by atoms with E-state index in [4.69, 9.17) is 19.9 Å². The van der Waals surface area contributed by atoms with Gasteiger partial charge < -0.3 is 30.6 Å². The van der Waals surface area contributed by atoms with Gasteiger partial charge in [-0.05, 0) is 38.0 Å². The number of nitrogens with zero attached hydrogens (tertiary/aromatic N) is 3. The quantitative estimate of drug-likeness (QED) is 0.386. The highest BCUT2D eigenvalue weighted by Gasteiger charge is 2.28. The molecule has 4 N–H and O–H groups in total. The maximum absolute atomic E-state index is 12.8. The highest BCUT2D eigenvalue weighted by molar-refractivity contribution is 5.85. The Balaban J connectivity index is 1.53. The maximum atomic E-state index is 12.8. The third-order valence-corrected chi connectivity index (χ3v) is 5.74. The first-order valence-electron chi connectivity index (χ1n) is 11.9. The summed E-state index contributed by atoms with van der Waals surface area (Å²) in [5.74, 6) is 0.0823. The number of carbonyl (C=O) groups excluding carboxylic acids is 2. The summed E-state index contributed by atoms with van der Waals surface area (Å²) in [6.45, 7) is 4.82. The summed E-state index contributed by atoms with van der Waals surface area (Å²) in [7, 11) is 0. The highest BCUT2D eigenvalue weighted by atomic mass is 16.5. The minimum atomic E-state index is -1.11. The minimum Gasteiger partial charge on any atom is -0.443 e. The Bertz CT molecular complexity index is 1170. The van der Waals surface area contributed by atoms with Crippen molar-refractivity contribution in [2.24, 2.45) is 5.73 Å². The summed E-state index contributed by atoms with van der Waals surface area (Å²) in [5.41, 5.74) is 7.10. The Hall–Kier alpha value is -3.54. The number of carbonyl (C=O) groups is 2. The van der Waals surface area contributed by atoms with Crippen LogP contribution in [0.3, 0.4) is 0 Å². The molecule has 0 aliphatic carbocycles. The molecule has 0 bridgehead atoms. The number of pyridine rings is 1. The molecule has 2 aromatic heterocycles. The first-order valence-corrected chi connectivity index (χ1v) is 11.9. The molecule has 2 atom stereocenters. The molecular weight excluding hydrogens is 464 g/mol. The van der Waals surface area contributed by atoms with E-state index in [-0.39, 0.29) is 25.2 Å². The largest absolute Gasteiger partial charge is 0.443 e. The lowest BCUT2D eigenvalue weighted by atomic mass is 10.1. The number of nitrogens with two attached hydrogens (primary N) is 1. The van der Waals surface area contributed by atoms with E-state index in [1.807, 2.05) is 36.4 Å². The van der Waals surface area contributed by atoms with Gasteiger partial charge in [0.25, 0.3) is 0 Å². The minimum absolute atomic E-state index is 0.0181. The van der Waals surface area contributed by atoms with Crippen LogP contribution in [0.5, 0.6) is 0 Å². The SMILES string of the molecule is CC(C)(N)C(=O)N[C@H](COCc1ccccc1)c1nnc2cccc(COC(=O)N[C@@H]3CCOC3)n12. The van der Waals surface area contributed by atoms with E-state index in [1.54, 1.807) is 30.4 Å². The van der Waals surface area contributed by atoms with Crippen molar-refractivity contribution in [2.45, 2.75) is 51.1 Å². The first kappa shape index (κ1) is 25.5. The van der Waals surface area contributed by atoms with Crippen molar-refractivity contribution in [3.05, 3.63) is 65.6 Å². The van der Waals surface area contributed by atoms with Crippen molar-refractivity contribution in [3.63, 3.8) is 0 Å². The number of aromatic nitrogens is 3. The van der Waals surface area contributed by atoms with Gasteiger partial charge in [0.05, 0.1) is 37.1 Å². The van der Waals surface area contributed by atoms with E-state index in [1.165, 1.54) is 0 Å². The Kier molecular flexibility index (Phi) is 8.14. The predicted molar refractivity (Wildman–Crippen MR) is 131 cm³/mol. The molecule has 1 aliphatic rings. The lowest BCUT2D eigenvalue weighted by molar-refractivity contribution is -0.126. The molecule has 11 nitrogen and oxygen atoms in total. The fraction of sp³-hybridized carbons (Fsp3) is 0.440. The van der Waals surface area contributed by atoms with Gasteiger partial charge >= 0.3 is 6.09 Å². The number of hydrogen-bond donors (Lipinski definition) is 3. The smallest absolute Gasteiger partial charge is 0.407 e. The van der Waals surface area contributed by atoms with Crippen molar-refractivity contribution in [2.75, 3.05) is 19.8 Å². The number of alkyl carbamates (subject to hydrolysis) is 1. The fourth-order valence-electron chi connectivity index (χ4n) is 3.76. The molecular formula is C25H32N6O5. The van der Waals surface area contributed by atoms with E-state index in [0.717, 1.165) is 12.0 Å². The van der Waals surface area contributed by atoms with Gasteiger partial charge in [-0.3, -0.25) is 9.20 Å². The van der Waals surface area contributed by atoms with Gasteiger partial charge in [-0.25, -0.2) is 4.79 Å². The first-order chi connectivity index (χ1) is 17.3. The van der Waals surface area contributed by atoms with Gasteiger partial charge in [0.2, 0.25) is 5.91 Å². The topological polar surface area (TPSA) is 142 Å². The second-order valence-electron chi connectivity index (χ2n) is 9.30. The Morgan fingerprint density at radius 2 is 1.97 bits per heavy atom. The molecule has 3 aromatic rings. The average Bonchev–Trinajstić information content (AvgIpc) is 3.52. The van der Waals surface area contributed by atoms with E-state index in [0.29, 0.717) is 37.0 Å². The standard InChI is InChI=1S/C25H32N6O5/c1-25(2,26)23(32)28-20(16-35-13-17-7-4-3-5-8-17)22-30-29-21-10-6-9-19(31(21)22)15-36-24(33)27-18-11-12-34-14-18/h3-10,18,20H,11-16,26H2,1-2H3,(H,27,33)(H,28,32)/t18-,20-/m1/s1. The van der Waals surface area contributed by atoms with Crippen molar-refractivity contribution >= 4 is 17.6 Å². The van der Waals surface area contributed by atoms with Crippen LogP contribution in [-0.2, 0) is 32.2 Å². The molecule has 192 valence electrons. The summed E-state index contributed by atoms with van der Waals surface area (Å²) in [6, 6.07) is 14.4. The lowest BCUT2D eigenvalue weighted by Crippen LogP contribution is -2.51. The Labute approximate surface area is 209 Å². The third-order valence-electron chi connectivity index (χ3n) is 5.74. The van der Waals surface area contributed by atoms with Gasteiger partial charge in [0, 0.05) is 6.61 Å². The van der Waals surface area contributed by atoms with Gasteiger partial charge in [0.15, 0.2) is 11.5 Å². The summed E-state index contributed by atoms with van der Waals surface area (Å²) in [6.07, 6.45) is 0.223. The van der Waals surface area contributed by atoms with Crippen molar-refractivity contribution in [1.29, 1.82) is 0 Å². The molecule has 0 saturated carbocycles. The van der Waals surface area contributed by atoms with Crippen LogP contribution in [0.4, 0.5) is 4.79 Å². The number of fused-ring (bicyclic) bond motifs is 1. The van der Waals surface area contributed by atoms with Crippen LogP contribution in [0.2, 0.25) is 0 Å². The predicted octanol–water partition coefficient (Wildman–Crippen LogP) is 1.86. The van der Waals surface area contributed by atoms with Crippen LogP contribution >= 0.6 is 0 Å². The second-order valence-corrected chi connectivity index (χ2v) is 9.30.